The van der Waals surface area contributed by atoms with Crippen LogP contribution in [-0.2, 0) is 20.1 Å². The second-order valence-electron chi connectivity index (χ2n) is 5.33. The number of aromatic nitrogens is 2. The summed E-state index contributed by atoms with van der Waals surface area (Å²) in [6.45, 7) is 4.59. The highest BCUT2D eigenvalue weighted by Gasteiger charge is 2.08. The van der Waals surface area contributed by atoms with Gasteiger partial charge in [0.05, 0.1) is 15.9 Å². The van der Waals surface area contributed by atoms with Gasteiger partial charge in [0.25, 0.3) is 0 Å². The lowest BCUT2D eigenvalue weighted by molar-refractivity contribution is 0.293. The first kappa shape index (κ1) is 16.0. The normalized spacial score (nSPS) is 12.4. The first-order valence-electron chi connectivity index (χ1n) is 7.16. The standard InChI is InChI=1S/C16H22BrN3O/c1-4-13(18)8-12-5-6-16(15(17)9-12)21-10-14-7-11(2)19-20(14)3/h5-7,9,13H,4,8,10,18H2,1-3H3. The molecule has 114 valence electrons. The van der Waals surface area contributed by atoms with Crippen LogP contribution in [0.15, 0.2) is 28.7 Å². The number of nitrogens with zero attached hydrogens (tertiary/aromatic N) is 2. The summed E-state index contributed by atoms with van der Waals surface area (Å²) in [6.07, 6.45) is 1.87. The molecule has 0 aliphatic rings. The highest BCUT2D eigenvalue weighted by Crippen LogP contribution is 2.27. The maximum absolute atomic E-state index is 5.99. The summed E-state index contributed by atoms with van der Waals surface area (Å²) in [5.74, 6) is 0.836. The molecule has 1 heterocycles. The van der Waals surface area contributed by atoms with E-state index in [1.807, 2.05) is 30.8 Å². The second kappa shape index (κ2) is 7.09. The molecule has 0 aliphatic heterocycles. The highest BCUT2D eigenvalue weighted by molar-refractivity contribution is 9.10. The lowest BCUT2D eigenvalue weighted by Gasteiger charge is -2.12. The SMILES string of the molecule is CCC(N)Cc1ccc(OCc2cc(C)nn2C)c(Br)c1. The van der Waals surface area contributed by atoms with Crippen molar-refractivity contribution in [2.24, 2.45) is 12.8 Å². The second-order valence-corrected chi connectivity index (χ2v) is 6.18. The molecule has 0 amide bonds. The van der Waals surface area contributed by atoms with E-state index in [2.05, 4.69) is 40.1 Å². The van der Waals surface area contributed by atoms with Crippen molar-refractivity contribution < 1.29 is 4.74 Å². The Labute approximate surface area is 134 Å². The van der Waals surface area contributed by atoms with Gasteiger partial charge in [-0.15, -0.1) is 0 Å². The van der Waals surface area contributed by atoms with Crippen molar-refractivity contribution in [3.8, 4) is 5.75 Å². The molecule has 21 heavy (non-hydrogen) atoms. The Morgan fingerprint density at radius 1 is 1.38 bits per heavy atom. The molecule has 1 aromatic carbocycles. The van der Waals surface area contributed by atoms with Crippen LogP contribution in [-0.4, -0.2) is 15.8 Å². The number of ether oxygens (including phenoxy) is 1. The summed E-state index contributed by atoms with van der Waals surface area (Å²) in [6, 6.07) is 8.39. The smallest absolute Gasteiger partial charge is 0.134 e. The molecule has 0 spiro atoms. The van der Waals surface area contributed by atoms with E-state index in [1.165, 1.54) is 5.56 Å². The molecule has 0 saturated heterocycles. The zero-order chi connectivity index (χ0) is 15.4. The molecule has 4 nitrogen and oxygen atoms in total. The summed E-state index contributed by atoms with van der Waals surface area (Å²) in [5, 5.41) is 4.31. The van der Waals surface area contributed by atoms with Crippen LogP contribution in [0.25, 0.3) is 0 Å². The Morgan fingerprint density at radius 3 is 2.71 bits per heavy atom. The number of aryl methyl sites for hydroxylation is 2. The molecule has 2 rings (SSSR count). The van der Waals surface area contributed by atoms with Gasteiger partial charge in [0.2, 0.25) is 0 Å². The third-order valence-electron chi connectivity index (χ3n) is 3.49. The topological polar surface area (TPSA) is 53.1 Å². The van der Waals surface area contributed by atoms with E-state index in [4.69, 9.17) is 10.5 Å². The molecule has 1 aromatic heterocycles. The number of hydrogen-bond donors (Lipinski definition) is 1. The molecule has 0 radical (unpaired) electrons. The lowest BCUT2D eigenvalue weighted by Crippen LogP contribution is -2.21. The minimum Gasteiger partial charge on any atom is -0.486 e. The van der Waals surface area contributed by atoms with Gasteiger partial charge >= 0.3 is 0 Å². The molecule has 1 atom stereocenters. The number of rotatable bonds is 6. The summed E-state index contributed by atoms with van der Waals surface area (Å²) in [4.78, 5) is 0. The van der Waals surface area contributed by atoms with Crippen molar-refractivity contribution in [1.29, 1.82) is 0 Å². The number of benzene rings is 1. The number of halogens is 1. The van der Waals surface area contributed by atoms with Crippen LogP contribution in [0.3, 0.4) is 0 Å². The fourth-order valence-electron chi connectivity index (χ4n) is 2.19. The van der Waals surface area contributed by atoms with E-state index >= 15 is 0 Å². The van der Waals surface area contributed by atoms with Crippen molar-refractivity contribution in [2.45, 2.75) is 39.3 Å². The van der Waals surface area contributed by atoms with E-state index in [-0.39, 0.29) is 6.04 Å². The quantitative estimate of drug-likeness (QED) is 0.868. The maximum Gasteiger partial charge on any atom is 0.134 e. The van der Waals surface area contributed by atoms with Crippen LogP contribution in [0.2, 0.25) is 0 Å². The largest absolute Gasteiger partial charge is 0.486 e. The first-order valence-corrected chi connectivity index (χ1v) is 7.95. The average molecular weight is 352 g/mol. The zero-order valence-corrected chi connectivity index (χ0v) is 14.4. The predicted molar refractivity (Wildman–Crippen MR) is 88.4 cm³/mol. The van der Waals surface area contributed by atoms with Gasteiger partial charge in [-0.1, -0.05) is 13.0 Å². The van der Waals surface area contributed by atoms with Crippen LogP contribution in [0.1, 0.15) is 30.3 Å². The Kier molecular flexibility index (Phi) is 5.42. The third-order valence-corrected chi connectivity index (χ3v) is 4.11. The Morgan fingerprint density at radius 2 is 2.14 bits per heavy atom. The molecule has 1 unspecified atom stereocenters. The molecule has 2 N–H and O–H groups in total. The molecule has 0 aliphatic carbocycles. The van der Waals surface area contributed by atoms with E-state index in [0.717, 1.165) is 34.5 Å². The first-order chi connectivity index (χ1) is 9.99. The molecule has 2 aromatic rings. The summed E-state index contributed by atoms with van der Waals surface area (Å²) < 4.78 is 8.67. The van der Waals surface area contributed by atoms with Crippen molar-refractivity contribution in [2.75, 3.05) is 0 Å². The average Bonchev–Trinajstić information content (AvgIpc) is 2.76. The van der Waals surface area contributed by atoms with Gasteiger partial charge in [-0.25, -0.2) is 0 Å². The monoisotopic (exact) mass is 351 g/mol. The predicted octanol–water partition coefficient (Wildman–Crippen LogP) is 3.35. The fraction of sp³-hybridized carbons (Fsp3) is 0.438. The molecule has 0 fully saturated rings. The molecular weight excluding hydrogens is 330 g/mol. The van der Waals surface area contributed by atoms with Crippen molar-refractivity contribution in [3.05, 3.63) is 45.7 Å². The molecular formula is C16H22BrN3O. The number of nitrogens with two attached hydrogens (primary N) is 1. The minimum absolute atomic E-state index is 0.209. The van der Waals surface area contributed by atoms with Gasteiger partial charge in [0, 0.05) is 13.1 Å². The van der Waals surface area contributed by atoms with E-state index < -0.39 is 0 Å². The Bertz CT molecular complexity index is 610. The van der Waals surface area contributed by atoms with Gasteiger partial charge in [-0.05, 0) is 59.5 Å². The van der Waals surface area contributed by atoms with Crippen molar-refractivity contribution in [1.82, 2.24) is 9.78 Å². The Balaban J connectivity index is 2.02. The molecule has 5 heteroatoms. The summed E-state index contributed by atoms with van der Waals surface area (Å²) >= 11 is 3.57. The van der Waals surface area contributed by atoms with Gasteiger partial charge in [-0.3, -0.25) is 4.68 Å². The van der Waals surface area contributed by atoms with E-state index in [1.54, 1.807) is 0 Å². The third kappa shape index (κ3) is 4.32. The number of hydrogen-bond acceptors (Lipinski definition) is 3. The van der Waals surface area contributed by atoms with Crippen LogP contribution in [0.5, 0.6) is 5.75 Å². The van der Waals surface area contributed by atoms with Gasteiger partial charge in [0.1, 0.15) is 12.4 Å². The van der Waals surface area contributed by atoms with Crippen LogP contribution >= 0.6 is 15.9 Å². The molecule has 0 bridgehead atoms. The van der Waals surface area contributed by atoms with Crippen molar-refractivity contribution >= 4 is 15.9 Å². The van der Waals surface area contributed by atoms with E-state index in [9.17, 15) is 0 Å². The summed E-state index contributed by atoms with van der Waals surface area (Å²) in [7, 11) is 1.93. The zero-order valence-electron chi connectivity index (χ0n) is 12.8. The molecule has 0 saturated carbocycles. The van der Waals surface area contributed by atoms with Gasteiger partial charge < -0.3 is 10.5 Å². The van der Waals surface area contributed by atoms with Crippen molar-refractivity contribution in [3.63, 3.8) is 0 Å². The summed E-state index contributed by atoms with van der Waals surface area (Å²) in [5.41, 5.74) is 9.26. The highest BCUT2D eigenvalue weighted by atomic mass is 79.9. The van der Waals surface area contributed by atoms with Crippen LogP contribution < -0.4 is 10.5 Å². The fourth-order valence-corrected chi connectivity index (χ4v) is 2.73. The van der Waals surface area contributed by atoms with E-state index in [0.29, 0.717) is 6.61 Å². The Hall–Kier alpha value is -1.33. The van der Waals surface area contributed by atoms with Gasteiger partial charge in [0.15, 0.2) is 0 Å². The minimum atomic E-state index is 0.209. The maximum atomic E-state index is 5.99. The van der Waals surface area contributed by atoms with Gasteiger partial charge in [-0.2, -0.15) is 5.10 Å². The van der Waals surface area contributed by atoms with Crippen LogP contribution in [0.4, 0.5) is 0 Å². The van der Waals surface area contributed by atoms with Crippen LogP contribution in [0, 0.1) is 6.92 Å². The lowest BCUT2D eigenvalue weighted by atomic mass is 10.0.